The quantitative estimate of drug-likeness (QED) is 0.580. The predicted octanol–water partition coefficient (Wildman–Crippen LogP) is 4.08. The van der Waals surface area contributed by atoms with Crippen molar-refractivity contribution < 1.29 is 5.11 Å². The van der Waals surface area contributed by atoms with Gasteiger partial charge in [0.2, 0.25) is 0 Å². The average molecular weight is 378 g/mol. The van der Waals surface area contributed by atoms with E-state index in [4.69, 9.17) is 10.2 Å². The van der Waals surface area contributed by atoms with Gasteiger partial charge in [0.05, 0.1) is 34.3 Å². The Bertz CT molecular complexity index is 1260. The largest absolute Gasteiger partial charge is 0.373 e. The molecule has 0 saturated heterocycles. The van der Waals surface area contributed by atoms with Crippen LogP contribution in [0.4, 0.5) is 0 Å². The Morgan fingerprint density at radius 3 is 2.14 bits per heavy atom. The summed E-state index contributed by atoms with van der Waals surface area (Å²) in [6, 6.07) is 25.8. The van der Waals surface area contributed by atoms with Gasteiger partial charge in [0.1, 0.15) is 0 Å². The van der Waals surface area contributed by atoms with Crippen LogP contribution in [0.25, 0.3) is 11.0 Å². The number of aryl methyl sites for hydroxylation is 1. The number of hydrogen-bond donors (Lipinski definition) is 1. The first kappa shape index (κ1) is 18.4. The lowest BCUT2D eigenvalue weighted by atomic mass is 9.85. The fourth-order valence-electron chi connectivity index (χ4n) is 3.68. The first-order valence-corrected chi connectivity index (χ1v) is 9.31. The monoisotopic (exact) mass is 378 g/mol. The molecule has 0 fully saturated rings. The number of imidazole rings is 1. The lowest BCUT2D eigenvalue weighted by Crippen LogP contribution is -2.32. The molecule has 0 amide bonds. The molecule has 0 aliphatic carbocycles. The van der Waals surface area contributed by atoms with Gasteiger partial charge in [0.15, 0.2) is 11.4 Å². The van der Waals surface area contributed by atoms with Crippen LogP contribution in [0.5, 0.6) is 0 Å². The van der Waals surface area contributed by atoms with E-state index in [2.05, 4.69) is 12.1 Å². The van der Waals surface area contributed by atoms with Gasteiger partial charge in [-0.1, -0.05) is 42.5 Å². The highest BCUT2D eigenvalue weighted by Crippen LogP contribution is 2.37. The second kappa shape index (κ2) is 7.24. The number of aliphatic hydroxyl groups is 1. The zero-order valence-electron chi connectivity index (χ0n) is 15.9. The van der Waals surface area contributed by atoms with Gasteiger partial charge in [-0.3, -0.25) is 0 Å². The van der Waals surface area contributed by atoms with Crippen molar-refractivity contribution in [3.05, 3.63) is 101 Å². The van der Waals surface area contributed by atoms with E-state index in [1.807, 2.05) is 41.8 Å². The summed E-state index contributed by atoms with van der Waals surface area (Å²) in [4.78, 5) is 4.76. The van der Waals surface area contributed by atoms with Crippen molar-refractivity contribution in [2.45, 2.75) is 19.1 Å². The number of nitrogens with zero attached hydrogens (tertiary/aromatic N) is 4. The SMILES string of the molecule is CCn1c(C(O)(c2ccccc2)c2ccc(C#N)cc2)nc2ccc(C#N)cc21. The van der Waals surface area contributed by atoms with E-state index in [-0.39, 0.29) is 0 Å². The molecule has 140 valence electrons. The molecule has 5 nitrogen and oxygen atoms in total. The first-order chi connectivity index (χ1) is 14.1. The van der Waals surface area contributed by atoms with Crippen LogP contribution in [0, 0.1) is 22.7 Å². The summed E-state index contributed by atoms with van der Waals surface area (Å²) in [6.45, 7) is 2.56. The van der Waals surface area contributed by atoms with E-state index in [1.165, 1.54) is 0 Å². The fraction of sp³-hybridized carbons (Fsp3) is 0.125. The molecular formula is C24H18N4O. The molecule has 0 radical (unpaired) electrons. The molecular weight excluding hydrogens is 360 g/mol. The van der Waals surface area contributed by atoms with Crippen molar-refractivity contribution in [3.63, 3.8) is 0 Å². The highest BCUT2D eigenvalue weighted by Gasteiger charge is 2.38. The summed E-state index contributed by atoms with van der Waals surface area (Å²) in [7, 11) is 0. The van der Waals surface area contributed by atoms with Gasteiger partial charge in [-0.25, -0.2) is 4.98 Å². The predicted molar refractivity (Wildman–Crippen MR) is 110 cm³/mol. The molecule has 0 aliphatic heterocycles. The van der Waals surface area contributed by atoms with E-state index >= 15 is 0 Å². The van der Waals surface area contributed by atoms with Crippen LogP contribution in [0.3, 0.4) is 0 Å². The summed E-state index contributed by atoms with van der Waals surface area (Å²) in [5.41, 5.74) is 2.35. The lowest BCUT2D eigenvalue weighted by molar-refractivity contribution is 0.112. The fourth-order valence-corrected chi connectivity index (χ4v) is 3.68. The standard InChI is InChI=1S/C24H18N4O/c1-2-28-22-14-18(16-26)10-13-21(22)27-23(28)24(29,19-6-4-3-5-7-19)20-11-8-17(15-25)9-12-20/h3-14,29H,2H2,1H3. The van der Waals surface area contributed by atoms with E-state index in [1.54, 1.807) is 42.5 Å². The number of fused-ring (bicyclic) bond motifs is 1. The summed E-state index contributed by atoms with van der Waals surface area (Å²) in [6.07, 6.45) is 0. The lowest BCUT2D eigenvalue weighted by Gasteiger charge is -2.29. The van der Waals surface area contributed by atoms with Crippen molar-refractivity contribution in [2.75, 3.05) is 0 Å². The Balaban J connectivity index is 2.04. The van der Waals surface area contributed by atoms with E-state index in [0.717, 1.165) is 5.52 Å². The third kappa shape index (κ3) is 2.95. The number of nitriles is 2. The smallest absolute Gasteiger partial charge is 0.173 e. The Labute approximate surface area is 168 Å². The van der Waals surface area contributed by atoms with Gasteiger partial charge in [-0.05, 0) is 48.4 Å². The van der Waals surface area contributed by atoms with E-state index in [0.29, 0.717) is 40.1 Å². The van der Waals surface area contributed by atoms with E-state index in [9.17, 15) is 10.4 Å². The third-order valence-electron chi connectivity index (χ3n) is 5.14. The average Bonchev–Trinajstić information content (AvgIpc) is 3.17. The minimum Gasteiger partial charge on any atom is -0.373 e. The highest BCUT2D eigenvalue weighted by molar-refractivity contribution is 5.78. The summed E-state index contributed by atoms with van der Waals surface area (Å²) < 4.78 is 1.93. The Morgan fingerprint density at radius 1 is 0.897 bits per heavy atom. The van der Waals surface area contributed by atoms with Crippen LogP contribution in [0.15, 0.2) is 72.8 Å². The maximum absolute atomic E-state index is 12.1. The van der Waals surface area contributed by atoms with Crippen LogP contribution >= 0.6 is 0 Å². The molecule has 1 unspecified atom stereocenters. The molecule has 0 aliphatic rings. The molecule has 0 spiro atoms. The molecule has 0 bridgehead atoms. The van der Waals surface area contributed by atoms with Gasteiger partial charge in [-0.15, -0.1) is 0 Å². The molecule has 1 N–H and O–H groups in total. The molecule has 1 aromatic heterocycles. The Hall–Kier alpha value is -3.93. The number of hydrogen-bond acceptors (Lipinski definition) is 4. The second-order valence-electron chi connectivity index (χ2n) is 6.76. The van der Waals surface area contributed by atoms with Crippen molar-refractivity contribution in [1.82, 2.24) is 9.55 Å². The summed E-state index contributed by atoms with van der Waals surface area (Å²) in [5.74, 6) is 0.473. The zero-order chi connectivity index (χ0) is 20.4. The van der Waals surface area contributed by atoms with Gasteiger partial charge in [0, 0.05) is 6.54 Å². The topological polar surface area (TPSA) is 85.6 Å². The molecule has 4 rings (SSSR count). The van der Waals surface area contributed by atoms with Crippen molar-refractivity contribution >= 4 is 11.0 Å². The summed E-state index contributed by atoms with van der Waals surface area (Å²) >= 11 is 0. The molecule has 4 aromatic rings. The Kier molecular flexibility index (Phi) is 4.60. The molecule has 0 saturated carbocycles. The normalized spacial score (nSPS) is 12.8. The molecule has 1 atom stereocenters. The first-order valence-electron chi connectivity index (χ1n) is 9.31. The maximum Gasteiger partial charge on any atom is 0.173 e. The van der Waals surface area contributed by atoms with Crippen LogP contribution in [0.1, 0.15) is 35.0 Å². The van der Waals surface area contributed by atoms with Crippen LogP contribution < -0.4 is 0 Å². The van der Waals surface area contributed by atoms with Crippen molar-refractivity contribution in [1.29, 1.82) is 10.5 Å². The maximum atomic E-state index is 12.1. The van der Waals surface area contributed by atoms with Crippen LogP contribution in [-0.2, 0) is 12.1 Å². The summed E-state index contributed by atoms with van der Waals surface area (Å²) in [5, 5.41) is 30.5. The third-order valence-corrected chi connectivity index (χ3v) is 5.14. The molecule has 1 heterocycles. The number of aromatic nitrogens is 2. The zero-order valence-corrected chi connectivity index (χ0v) is 15.9. The van der Waals surface area contributed by atoms with Crippen molar-refractivity contribution in [2.24, 2.45) is 0 Å². The number of rotatable bonds is 4. The minimum absolute atomic E-state index is 0.473. The second-order valence-corrected chi connectivity index (χ2v) is 6.76. The molecule has 29 heavy (non-hydrogen) atoms. The van der Waals surface area contributed by atoms with Gasteiger partial charge < -0.3 is 9.67 Å². The molecule has 3 aromatic carbocycles. The highest BCUT2D eigenvalue weighted by atomic mass is 16.3. The number of benzene rings is 3. The van der Waals surface area contributed by atoms with Gasteiger partial charge in [-0.2, -0.15) is 10.5 Å². The van der Waals surface area contributed by atoms with Gasteiger partial charge >= 0.3 is 0 Å². The Morgan fingerprint density at radius 2 is 1.52 bits per heavy atom. The van der Waals surface area contributed by atoms with Gasteiger partial charge in [0.25, 0.3) is 0 Å². The van der Waals surface area contributed by atoms with Crippen molar-refractivity contribution in [3.8, 4) is 12.1 Å². The van der Waals surface area contributed by atoms with Crippen LogP contribution in [-0.4, -0.2) is 14.7 Å². The minimum atomic E-state index is -1.52. The van der Waals surface area contributed by atoms with Crippen LogP contribution in [0.2, 0.25) is 0 Å². The van der Waals surface area contributed by atoms with E-state index < -0.39 is 5.60 Å². The molecule has 5 heteroatoms.